The van der Waals surface area contributed by atoms with Crippen molar-refractivity contribution in [2.45, 2.75) is 33.0 Å². The lowest BCUT2D eigenvalue weighted by atomic mass is 10.2. The van der Waals surface area contributed by atoms with Gasteiger partial charge in [0.1, 0.15) is 0 Å². The van der Waals surface area contributed by atoms with Gasteiger partial charge in [0, 0.05) is 24.9 Å². The SMILES string of the molecule is COCc1ccccc1NCCOC(C)(C)C. The topological polar surface area (TPSA) is 30.5 Å². The summed E-state index contributed by atoms with van der Waals surface area (Å²) in [5.41, 5.74) is 2.21. The second kappa shape index (κ2) is 6.62. The Hall–Kier alpha value is -1.06. The molecule has 3 nitrogen and oxygen atoms in total. The van der Waals surface area contributed by atoms with E-state index >= 15 is 0 Å². The minimum absolute atomic E-state index is 0.0757. The molecule has 1 aromatic rings. The van der Waals surface area contributed by atoms with Crippen LogP contribution in [0.2, 0.25) is 0 Å². The van der Waals surface area contributed by atoms with E-state index in [9.17, 15) is 0 Å². The fourth-order valence-electron chi connectivity index (χ4n) is 1.52. The van der Waals surface area contributed by atoms with E-state index in [1.165, 1.54) is 5.56 Å². The van der Waals surface area contributed by atoms with Gasteiger partial charge in [0.2, 0.25) is 0 Å². The third-order valence-electron chi connectivity index (χ3n) is 2.27. The van der Waals surface area contributed by atoms with E-state index in [1.807, 2.05) is 12.1 Å². The van der Waals surface area contributed by atoms with Crippen molar-refractivity contribution in [3.8, 4) is 0 Å². The molecule has 0 fully saturated rings. The Labute approximate surface area is 104 Å². The first-order valence-corrected chi connectivity index (χ1v) is 5.97. The van der Waals surface area contributed by atoms with Crippen LogP contribution in [-0.2, 0) is 16.1 Å². The first-order chi connectivity index (χ1) is 8.03. The van der Waals surface area contributed by atoms with Gasteiger partial charge in [0.15, 0.2) is 0 Å². The molecule has 3 heteroatoms. The molecule has 0 unspecified atom stereocenters. The lowest BCUT2D eigenvalue weighted by molar-refractivity contribution is 0.00332. The van der Waals surface area contributed by atoms with Crippen LogP contribution in [0.4, 0.5) is 5.69 Å². The van der Waals surface area contributed by atoms with Gasteiger partial charge in [-0.25, -0.2) is 0 Å². The zero-order valence-corrected chi connectivity index (χ0v) is 11.2. The molecule has 0 heterocycles. The smallest absolute Gasteiger partial charge is 0.0733 e. The maximum Gasteiger partial charge on any atom is 0.0733 e. The van der Waals surface area contributed by atoms with E-state index in [0.717, 1.165) is 12.2 Å². The normalized spacial score (nSPS) is 11.5. The van der Waals surface area contributed by atoms with Gasteiger partial charge in [0.05, 0.1) is 18.8 Å². The predicted octanol–water partition coefficient (Wildman–Crippen LogP) is 3.06. The summed E-state index contributed by atoms with van der Waals surface area (Å²) in [6.07, 6.45) is 0. The molecule has 0 saturated heterocycles. The van der Waals surface area contributed by atoms with Crippen molar-refractivity contribution >= 4 is 5.69 Å². The van der Waals surface area contributed by atoms with Gasteiger partial charge in [-0.3, -0.25) is 0 Å². The average Bonchev–Trinajstić information content (AvgIpc) is 2.25. The van der Waals surface area contributed by atoms with Gasteiger partial charge in [0.25, 0.3) is 0 Å². The standard InChI is InChI=1S/C14H23NO2/c1-14(2,3)17-10-9-15-13-8-6-5-7-12(13)11-16-4/h5-8,15H,9-11H2,1-4H3. The van der Waals surface area contributed by atoms with E-state index < -0.39 is 0 Å². The molecule has 17 heavy (non-hydrogen) atoms. The van der Waals surface area contributed by atoms with E-state index in [-0.39, 0.29) is 5.60 Å². The number of para-hydroxylation sites is 1. The average molecular weight is 237 g/mol. The van der Waals surface area contributed by atoms with Crippen molar-refractivity contribution in [3.63, 3.8) is 0 Å². The molecule has 0 bridgehead atoms. The highest BCUT2D eigenvalue weighted by Gasteiger charge is 2.09. The monoisotopic (exact) mass is 237 g/mol. The molecule has 0 aliphatic rings. The van der Waals surface area contributed by atoms with Crippen LogP contribution in [0.5, 0.6) is 0 Å². The second-order valence-corrected chi connectivity index (χ2v) is 4.98. The van der Waals surface area contributed by atoms with Crippen molar-refractivity contribution in [1.82, 2.24) is 0 Å². The Morgan fingerprint density at radius 1 is 1.18 bits per heavy atom. The zero-order chi connectivity index (χ0) is 12.7. The van der Waals surface area contributed by atoms with Gasteiger partial charge < -0.3 is 14.8 Å². The number of ether oxygens (including phenoxy) is 2. The van der Waals surface area contributed by atoms with Crippen LogP contribution < -0.4 is 5.32 Å². The highest BCUT2D eigenvalue weighted by molar-refractivity contribution is 5.50. The molecule has 0 aliphatic heterocycles. The summed E-state index contributed by atoms with van der Waals surface area (Å²) in [6.45, 7) is 8.32. The number of nitrogens with one attached hydrogen (secondary N) is 1. The van der Waals surface area contributed by atoms with Gasteiger partial charge >= 0.3 is 0 Å². The summed E-state index contributed by atoms with van der Waals surface area (Å²) >= 11 is 0. The lowest BCUT2D eigenvalue weighted by Crippen LogP contribution is -2.23. The molecule has 0 atom stereocenters. The van der Waals surface area contributed by atoms with Crippen LogP contribution in [0.3, 0.4) is 0 Å². The Bertz CT molecular complexity index is 331. The van der Waals surface area contributed by atoms with Gasteiger partial charge in [-0.2, -0.15) is 0 Å². The van der Waals surface area contributed by atoms with Gasteiger partial charge in [-0.1, -0.05) is 18.2 Å². The number of hydrogen-bond donors (Lipinski definition) is 1. The molecule has 0 saturated carbocycles. The molecule has 0 amide bonds. The van der Waals surface area contributed by atoms with Crippen molar-refractivity contribution < 1.29 is 9.47 Å². The summed E-state index contributed by atoms with van der Waals surface area (Å²) in [6, 6.07) is 8.17. The quantitative estimate of drug-likeness (QED) is 0.771. The van der Waals surface area contributed by atoms with Crippen molar-refractivity contribution in [1.29, 1.82) is 0 Å². The number of methoxy groups -OCH3 is 1. The fraction of sp³-hybridized carbons (Fsp3) is 0.571. The molecular formula is C14H23NO2. The van der Waals surface area contributed by atoms with Crippen LogP contribution in [0, 0.1) is 0 Å². The van der Waals surface area contributed by atoms with E-state index in [1.54, 1.807) is 7.11 Å². The highest BCUT2D eigenvalue weighted by atomic mass is 16.5. The highest BCUT2D eigenvalue weighted by Crippen LogP contribution is 2.15. The van der Waals surface area contributed by atoms with E-state index in [4.69, 9.17) is 9.47 Å². The maximum atomic E-state index is 5.66. The molecule has 0 radical (unpaired) electrons. The van der Waals surface area contributed by atoms with Crippen LogP contribution >= 0.6 is 0 Å². The summed E-state index contributed by atoms with van der Waals surface area (Å²) < 4.78 is 10.8. The number of benzene rings is 1. The largest absolute Gasteiger partial charge is 0.382 e. The van der Waals surface area contributed by atoms with Crippen molar-refractivity contribution in [2.75, 3.05) is 25.6 Å². The summed E-state index contributed by atoms with van der Waals surface area (Å²) in [4.78, 5) is 0. The van der Waals surface area contributed by atoms with Crippen LogP contribution in [0.25, 0.3) is 0 Å². The summed E-state index contributed by atoms with van der Waals surface area (Å²) in [5, 5.41) is 3.37. The second-order valence-electron chi connectivity index (χ2n) is 4.98. The van der Waals surface area contributed by atoms with Gasteiger partial charge in [-0.05, 0) is 26.8 Å². The zero-order valence-electron chi connectivity index (χ0n) is 11.2. The predicted molar refractivity (Wildman–Crippen MR) is 71.3 cm³/mol. The van der Waals surface area contributed by atoms with Crippen molar-refractivity contribution in [2.24, 2.45) is 0 Å². The Morgan fingerprint density at radius 3 is 2.53 bits per heavy atom. The Kier molecular flexibility index (Phi) is 5.45. The maximum absolute atomic E-state index is 5.66. The van der Waals surface area contributed by atoms with Crippen LogP contribution in [0.15, 0.2) is 24.3 Å². The molecule has 0 spiro atoms. The molecule has 96 valence electrons. The van der Waals surface area contributed by atoms with E-state index in [2.05, 4.69) is 38.2 Å². The molecule has 1 N–H and O–H groups in total. The van der Waals surface area contributed by atoms with E-state index in [0.29, 0.717) is 13.2 Å². The fourth-order valence-corrected chi connectivity index (χ4v) is 1.52. The van der Waals surface area contributed by atoms with Crippen LogP contribution in [-0.4, -0.2) is 25.9 Å². The minimum atomic E-state index is -0.0757. The first-order valence-electron chi connectivity index (χ1n) is 5.97. The van der Waals surface area contributed by atoms with Crippen LogP contribution in [0.1, 0.15) is 26.3 Å². The molecule has 1 rings (SSSR count). The third-order valence-corrected chi connectivity index (χ3v) is 2.27. The summed E-state index contributed by atoms with van der Waals surface area (Å²) in [7, 11) is 1.71. The molecule has 0 aromatic heterocycles. The third kappa shape index (κ3) is 5.71. The molecular weight excluding hydrogens is 214 g/mol. The van der Waals surface area contributed by atoms with Crippen molar-refractivity contribution in [3.05, 3.63) is 29.8 Å². The van der Waals surface area contributed by atoms with Gasteiger partial charge in [-0.15, -0.1) is 0 Å². The minimum Gasteiger partial charge on any atom is -0.382 e. The molecule has 1 aromatic carbocycles. The molecule has 0 aliphatic carbocycles. The summed E-state index contributed by atoms with van der Waals surface area (Å²) in [5.74, 6) is 0. The lowest BCUT2D eigenvalue weighted by Gasteiger charge is -2.20. The Balaban J connectivity index is 2.41. The first kappa shape index (κ1) is 14.0. The number of hydrogen-bond acceptors (Lipinski definition) is 3. The number of anilines is 1. The number of rotatable bonds is 6. The Morgan fingerprint density at radius 2 is 1.88 bits per heavy atom.